The van der Waals surface area contributed by atoms with Crippen LogP contribution in [0.4, 0.5) is 5.69 Å². The van der Waals surface area contributed by atoms with E-state index in [1.807, 2.05) is 19.1 Å². The molecule has 0 saturated carbocycles. The zero-order valence-electron chi connectivity index (χ0n) is 15.6. The Morgan fingerprint density at radius 3 is 2.70 bits per heavy atom. The van der Waals surface area contributed by atoms with Gasteiger partial charge in [-0.2, -0.15) is 5.10 Å². The summed E-state index contributed by atoms with van der Waals surface area (Å²) in [6.07, 6.45) is 1.51. The molecule has 1 aromatic carbocycles. The number of amides is 1. The number of aryl methyl sites for hydroxylation is 1. The number of fused-ring (bicyclic) bond motifs is 1. The lowest BCUT2D eigenvalue weighted by Crippen LogP contribution is -2.20. The molecule has 0 radical (unpaired) electrons. The Morgan fingerprint density at radius 2 is 1.97 bits per heavy atom. The predicted molar refractivity (Wildman–Crippen MR) is 117 cm³/mol. The third-order valence-corrected chi connectivity index (χ3v) is 5.83. The number of rotatable bonds is 5. The molecule has 4 rings (SSSR count). The van der Waals surface area contributed by atoms with Gasteiger partial charge in [-0.15, -0.1) is 11.3 Å². The van der Waals surface area contributed by atoms with E-state index in [9.17, 15) is 9.59 Å². The minimum absolute atomic E-state index is 0.156. The molecular weight excluding hydrogens is 447 g/mol. The Hall–Kier alpha value is -2.94. The van der Waals surface area contributed by atoms with Crippen molar-refractivity contribution < 1.29 is 14.3 Å². The first-order chi connectivity index (χ1) is 14.4. The number of benzene rings is 1. The van der Waals surface area contributed by atoms with E-state index in [1.54, 1.807) is 35.0 Å². The summed E-state index contributed by atoms with van der Waals surface area (Å²) in [7, 11) is 0. The number of esters is 1. The lowest BCUT2D eigenvalue weighted by molar-refractivity contribution is -0.119. The summed E-state index contributed by atoms with van der Waals surface area (Å²) in [6.45, 7) is 1.42. The average molecular weight is 461 g/mol. The van der Waals surface area contributed by atoms with Gasteiger partial charge in [-0.1, -0.05) is 23.2 Å². The van der Waals surface area contributed by atoms with E-state index in [0.717, 1.165) is 21.6 Å². The first-order valence-electron chi connectivity index (χ1n) is 8.75. The molecule has 0 unspecified atom stereocenters. The molecule has 0 saturated heterocycles. The lowest BCUT2D eigenvalue weighted by Gasteiger charge is -2.06. The molecule has 4 aromatic rings. The number of hydrogen-bond donors (Lipinski definition) is 1. The van der Waals surface area contributed by atoms with Crippen molar-refractivity contribution >= 4 is 62.3 Å². The van der Waals surface area contributed by atoms with E-state index in [2.05, 4.69) is 15.4 Å². The summed E-state index contributed by atoms with van der Waals surface area (Å²) in [5.74, 6) is -1.10. The molecule has 0 spiro atoms. The van der Waals surface area contributed by atoms with Gasteiger partial charge in [-0.25, -0.2) is 14.5 Å². The van der Waals surface area contributed by atoms with Crippen LogP contribution in [-0.4, -0.2) is 33.2 Å². The summed E-state index contributed by atoms with van der Waals surface area (Å²) in [5.41, 5.74) is 1.95. The third-order valence-electron chi connectivity index (χ3n) is 4.18. The largest absolute Gasteiger partial charge is 0.451 e. The highest BCUT2D eigenvalue weighted by Crippen LogP contribution is 2.31. The van der Waals surface area contributed by atoms with Gasteiger partial charge in [-0.3, -0.25) is 4.79 Å². The molecule has 0 aliphatic carbocycles. The highest BCUT2D eigenvalue weighted by atomic mass is 35.5. The van der Waals surface area contributed by atoms with Gasteiger partial charge in [0.05, 0.1) is 17.1 Å². The Balaban J connectivity index is 1.48. The molecule has 7 nitrogen and oxygen atoms in total. The summed E-state index contributed by atoms with van der Waals surface area (Å²) >= 11 is 13.1. The van der Waals surface area contributed by atoms with Crippen LogP contribution < -0.4 is 5.32 Å². The van der Waals surface area contributed by atoms with Crippen LogP contribution >= 0.6 is 34.5 Å². The molecule has 0 aliphatic heterocycles. The second-order valence-electron chi connectivity index (χ2n) is 6.27. The van der Waals surface area contributed by atoms with Crippen molar-refractivity contribution in [1.82, 2.24) is 14.8 Å². The standard InChI is InChI=1S/C20H14Cl2N4O3S/c1-11-14-9-16(30-19(14)26(25-11)13-6-4-12(21)5-7-13)20(28)29-10-17(27)24-15-3-2-8-23-18(15)22/h2-9H,10H2,1H3,(H,24,27). The number of pyridine rings is 1. The number of thiophene rings is 1. The summed E-state index contributed by atoms with van der Waals surface area (Å²) in [4.78, 5) is 29.6. The maximum atomic E-state index is 12.5. The minimum Gasteiger partial charge on any atom is -0.451 e. The molecule has 1 N–H and O–H groups in total. The number of anilines is 1. The normalized spacial score (nSPS) is 10.9. The smallest absolute Gasteiger partial charge is 0.348 e. The molecule has 30 heavy (non-hydrogen) atoms. The first kappa shape index (κ1) is 20.3. The van der Waals surface area contributed by atoms with Crippen LogP contribution in [0.15, 0.2) is 48.7 Å². The summed E-state index contributed by atoms with van der Waals surface area (Å²) in [5, 5.41) is 8.70. The molecule has 3 aromatic heterocycles. The van der Waals surface area contributed by atoms with Crippen LogP contribution in [-0.2, 0) is 9.53 Å². The second kappa shape index (κ2) is 8.43. The third kappa shape index (κ3) is 4.16. The van der Waals surface area contributed by atoms with E-state index in [4.69, 9.17) is 27.9 Å². The molecule has 0 aliphatic rings. The molecule has 0 fully saturated rings. The van der Waals surface area contributed by atoms with Gasteiger partial charge in [-0.05, 0) is 49.4 Å². The van der Waals surface area contributed by atoms with Gasteiger partial charge in [0, 0.05) is 16.6 Å². The zero-order chi connectivity index (χ0) is 21.3. The van der Waals surface area contributed by atoms with Crippen molar-refractivity contribution in [2.45, 2.75) is 6.92 Å². The van der Waals surface area contributed by atoms with Crippen molar-refractivity contribution in [3.8, 4) is 5.69 Å². The van der Waals surface area contributed by atoms with E-state index in [1.165, 1.54) is 17.5 Å². The van der Waals surface area contributed by atoms with Crippen molar-refractivity contribution in [2.24, 2.45) is 0 Å². The number of aromatic nitrogens is 3. The zero-order valence-corrected chi connectivity index (χ0v) is 17.9. The van der Waals surface area contributed by atoms with E-state index >= 15 is 0 Å². The van der Waals surface area contributed by atoms with E-state index in [0.29, 0.717) is 15.6 Å². The van der Waals surface area contributed by atoms with Crippen LogP contribution in [0.5, 0.6) is 0 Å². The Labute approximate surface area is 185 Å². The maximum Gasteiger partial charge on any atom is 0.348 e. The molecular formula is C20H14Cl2N4O3S. The van der Waals surface area contributed by atoms with Crippen LogP contribution in [0.1, 0.15) is 15.4 Å². The van der Waals surface area contributed by atoms with Crippen LogP contribution in [0, 0.1) is 6.92 Å². The number of carbonyl (C=O) groups is 2. The van der Waals surface area contributed by atoms with Gasteiger partial charge < -0.3 is 10.1 Å². The summed E-state index contributed by atoms with van der Waals surface area (Å²) < 4.78 is 6.90. The topological polar surface area (TPSA) is 86.1 Å². The quantitative estimate of drug-likeness (QED) is 0.338. The van der Waals surface area contributed by atoms with E-state index < -0.39 is 18.5 Å². The number of carbonyl (C=O) groups excluding carboxylic acids is 2. The summed E-state index contributed by atoms with van der Waals surface area (Å²) in [6, 6.07) is 12.2. The fourth-order valence-corrected chi connectivity index (χ4v) is 4.14. The Bertz CT molecular complexity index is 1250. The van der Waals surface area contributed by atoms with E-state index in [-0.39, 0.29) is 5.15 Å². The highest BCUT2D eigenvalue weighted by molar-refractivity contribution is 7.20. The first-order valence-corrected chi connectivity index (χ1v) is 10.3. The number of halogens is 2. The Kier molecular flexibility index (Phi) is 5.72. The van der Waals surface area contributed by atoms with Crippen molar-refractivity contribution in [3.05, 3.63) is 69.4 Å². The van der Waals surface area contributed by atoms with Gasteiger partial charge in [0.2, 0.25) is 0 Å². The average Bonchev–Trinajstić information content (AvgIpc) is 3.29. The van der Waals surface area contributed by atoms with Crippen molar-refractivity contribution in [1.29, 1.82) is 0 Å². The minimum atomic E-state index is -0.592. The molecule has 152 valence electrons. The maximum absolute atomic E-state index is 12.5. The van der Waals surface area contributed by atoms with Crippen LogP contribution in [0.25, 0.3) is 15.9 Å². The number of hydrogen-bond acceptors (Lipinski definition) is 6. The molecule has 10 heteroatoms. The van der Waals surface area contributed by atoms with Gasteiger partial charge >= 0.3 is 5.97 Å². The molecule has 0 atom stereocenters. The van der Waals surface area contributed by atoms with Gasteiger partial charge in [0.15, 0.2) is 11.8 Å². The fourth-order valence-electron chi connectivity index (χ4n) is 2.77. The fraction of sp³-hybridized carbons (Fsp3) is 0.100. The van der Waals surface area contributed by atoms with Gasteiger partial charge in [0.25, 0.3) is 5.91 Å². The molecule has 1 amide bonds. The Morgan fingerprint density at radius 1 is 1.20 bits per heavy atom. The number of ether oxygens (including phenoxy) is 1. The van der Waals surface area contributed by atoms with Crippen LogP contribution in [0.3, 0.4) is 0 Å². The van der Waals surface area contributed by atoms with Crippen molar-refractivity contribution in [3.63, 3.8) is 0 Å². The lowest BCUT2D eigenvalue weighted by atomic mass is 10.3. The van der Waals surface area contributed by atoms with Crippen LogP contribution in [0.2, 0.25) is 10.2 Å². The van der Waals surface area contributed by atoms with Gasteiger partial charge in [0.1, 0.15) is 9.71 Å². The monoisotopic (exact) mass is 460 g/mol. The molecule has 3 heterocycles. The number of nitrogens with zero attached hydrogens (tertiary/aromatic N) is 3. The second-order valence-corrected chi connectivity index (χ2v) is 8.09. The highest BCUT2D eigenvalue weighted by Gasteiger charge is 2.19. The number of nitrogens with one attached hydrogen (secondary N) is 1. The van der Waals surface area contributed by atoms with Crippen molar-refractivity contribution in [2.75, 3.05) is 11.9 Å². The predicted octanol–water partition coefficient (Wildman–Crippen LogP) is 4.89. The SMILES string of the molecule is Cc1nn(-c2ccc(Cl)cc2)c2sc(C(=O)OCC(=O)Nc3cccnc3Cl)cc12. The molecule has 0 bridgehead atoms.